The van der Waals surface area contributed by atoms with Crippen LogP contribution in [0.1, 0.15) is 18.1 Å². The molecule has 0 saturated carbocycles. The zero-order chi connectivity index (χ0) is 25.3. The van der Waals surface area contributed by atoms with E-state index in [4.69, 9.17) is 4.74 Å². The molecule has 4 rings (SSSR count). The topological polar surface area (TPSA) is 93.5 Å². The third kappa shape index (κ3) is 5.41. The lowest BCUT2D eigenvalue weighted by Gasteiger charge is -2.15. The molecule has 11 heteroatoms. The van der Waals surface area contributed by atoms with E-state index in [-0.39, 0.29) is 24.3 Å². The molecule has 4 aromatic rings. The van der Waals surface area contributed by atoms with Gasteiger partial charge in [-0.05, 0) is 48.7 Å². The highest BCUT2D eigenvalue weighted by atomic mass is 32.1. The average Bonchev–Trinajstić information content (AvgIpc) is 3.13. The van der Waals surface area contributed by atoms with Gasteiger partial charge in [-0.15, -0.1) is 24.5 Å². The van der Waals surface area contributed by atoms with Crippen LogP contribution in [0.2, 0.25) is 0 Å². The number of thiophene rings is 1. The molecule has 1 unspecified atom stereocenters. The highest BCUT2D eigenvalue weighted by Crippen LogP contribution is 2.41. The molecule has 2 aromatic heterocycles. The summed E-state index contributed by atoms with van der Waals surface area (Å²) >= 11 is 1.07. The number of benzene rings is 2. The van der Waals surface area contributed by atoms with Crippen molar-refractivity contribution in [1.29, 1.82) is 0 Å². The number of hydrogen-bond acceptors (Lipinski definition) is 6. The summed E-state index contributed by atoms with van der Waals surface area (Å²) in [6, 6.07) is 13.1. The van der Waals surface area contributed by atoms with Crippen LogP contribution in [-0.2, 0) is 13.2 Å². The third-order valence-electron chi connectivity index (χ3n) is 5.18. The fourth-order valence-corrected chi connectivity index (χ4v) is 5.00. The fourth-order valence-electron chi connectivity index (χ4n) is 3.69. The highest BCUT2D eigenvalue weighted by Gasteiger charge is 2.33. The number of nitrogens with zero attached hydrogens (tertiary/aromatic N) is 1. The summed E-state index contributed by atoms with van der Waals surface area (Å²) in [6.07, 6.45) is -5.81. The van der Waals surface area contributed by atoms with Crippen molar-refractivity contribution < 1.29 is 27.8 Å². The number of aliphatic hydroxyl groups is 1. The van der Waals surface area contributed by atoms with Crippen molar-refractivity contribution in [2.45, 2.75) is 39.5 Å². The second kappa shape index (κ2) is 9.59. The number of ether oxygens (including phenoxy) is 2. The van der Waals surface area contributed by atoms with Gasteiger partial charge in [-0.2, -0.15) is 0 Å². The van der Waals surface area contributed by atoms with Gasteiger partial charge in [0.15, 0.2) is 11.5 Å². The van der Waals surface area contributed by atoms with Gasteiger partial charge in [0.1, 0.15) is 11.4 Å². The fraction of sp³-hybridized carbons (Fsp3) is 0.250. The Balaban J connectivity index is 1.80. The molecule has 184 valence electrons. The van der Waals surface area contributed by atoms with E-state index >= 15 is 0 Å². The number of aromatic amines is 1. The molecule has 0 saturated heterocycles. The van der Waals surface area contributed by atoms with Crippen LogP contribution in [0.5, 0.6) is 11.5 Å². The number of halogens is 3. The summed E-state index contributed by atoms with van der Waals surface area (Å²) in [4.78, 5) is 27.9. The van der Waals surface area contributed by atoms with E-state index in [1.165, 1.54) is 23.6 Å². The SMILES string of the molecule is Cc1c(-c2ccc(OCc3ccccc3)c(OC(F)(F)F)c2)sc2c1c(=O)[nH]c(=O)n2CC(C)O. The summed E-state index contributed by atoms with van der Waals surface area (Å²) < 4.78 is 50.5. The van der Waals surface area contributed by atoms with E-state index in [0.717, 1.165) is 16.9 Å². The molecule has 2 heterocycles. The van der Waals surface area contributed by atoms with Crippen LogP contribution in [-0.4, -0.2) is 27.1 Å². The maximum absolute atomic E-state index is 13.2. The predicted octanol–water partition coefficient (Wildman–Crippen LogP) is 4.59. The van der Waals surface area contributed by atoms with Crippen molar-refractivity contribution in [2.24, 2.45) is 0 Å². The maximum Gasteiger partial charge on any atom is 0.573 e. The Kier molecular flexibility index (Phi) is 6.73. The van der Waals surface area contributed by atoms with Crippen LogP contribution in [0, 0.1) is 6.92 Å². The van der Waals surface area contributed by atoms with Gasteiger partial charge in [0, 0.05) is 4.88 Å². The van der Waals surface area contributed by atoms with Crippen LogP contribution in [0.3, 0.4) is 0 Å². The number of alkyl halides is 3. The van der Waals surface area contributed by atoms with E-state index in [0.29, 0.717) is 20.8 Å². The number of fused-ring (bicyclic) bond motifs is 1. The molecule has 0 radical (unpaired) electrons. The summed E-state index contributed by atoms with van der Waals surface area (Å²) in [7, 11) is 0. The minimum absolute atomic E-state index is 0.0390. The predicted molar refractivity (Wildman–Crippen MR) is 126 cm³/mol. The zero-order valence-corrected chi connectivity index (χ0v) is 19.5. The third-order valence-corrected chi connectivity index (χ3v) is 6.55. The molecule has 0 fully saturated rings. The standard InChI is InChI=1S/C24H21F3N2O5S/c1-13(30)11-29-22-19(21(31)28-23(29)32)14(2)20(35-22)16-8-9-17(18(10-16)34-24(25,26)27)33-12-15-6-4-3-5-7-15/h3-10,13,30H,11-12H2,1-2H3,(H,28,31,32). The van der Waals surface area contributed by atoms with E-state index in [1.807, 2.05) is 6.07 Å². The van der Waals surface area contributed by atoms with Gasteiger partial charge >= 0.3 is 12.1 Å². The van der Waals surface area contributed by atoms with Gasteiger partial charge in [-0.1, -0.05) is 30.3 Å². The van der Waals surface area contributed by atoms with Gasteiger partial charge in [0.25, 0.3) is 5.56 Å². The Morgan fingerprint density at radius 1 is 1.11 bits per heavy atom. The van der Waals surface area contributed by atoms with Crippen LogP contribution in [0.25, 0.3) is 20.7 Å². The van der Waals surface area contributed by atoms with Crippen molar-refractivity contribution in [3.8, 4) is 21.9 Å². The Bertz CT molecular complexity index is 1470. The average molecular weight is 507 g/mol. The molecule has 1 atom stereocenters. The summed E-state index contributed by atoms with van der Waals surface area (Å²) in [5, 5.41) is 10.0. The number of aromatic nitrogens is 2. The monoisotopic (exact) mass is 506 g/mol. The van der Waals surface area contributed by atoms with Crippen molar-refractivity contribution in [1.82, 2.24) is 9.55 Å². The van der Waals surface area contributed by atoms with Crippen LogP contribution >= 0.6 is 11.3 Å². The lowest BCUT2D eigenvalue weighted by molar-refractivity contribution is -0.275. The Hall–Kier alpha value is -3.57. The number of hydrogen-bond donors (Lipinski definition) is 2. The van der Waals surface area contributed by atoms with E-state index in [1.54, 1.807) is 37.3 Å². The molecule has 0 bridgehead atoms. The first-order chi connectivity index (χ1) is 16.5. The number of nitrogens with one attached hydrogen (secondary N) is 1. The van der Waals surface area contributed by atoms with Crippen molar-refractivity contribution >= 4 is 21.6 Å². The zero-order valence-electron chi connectivity index (χ0n) is 18.7. The lowest BCUT2D eigenvalue weighted by Crippen LogP contribution is -2.32. The van der Waals surface area contributed by atoms with E-state index in [9.17, 15) is 27.9 Å². The van der Waals surface area contributed by atoms with Crippen LogP contribution in [0.4, 0.5) is 13.2 Å². The normalized spacial score (nSPS) is 12.6. The van der Waals surface area contributed by atoms with Crippen molar-refractivity contribution in [3.05, 3.63) is 80.5 Å². The van der Waals surface area contributed by atoms with Crippen LogP contribution in [0.15, 0.2) is 58.1 Å². The Labute approximate surface area is 201 Å². The second-order valence-electron chi connectivity index (χ2n) is 7.94. The maximum atomic E-state index is 13.2. The van der Waals surface area contributed by atoms with Gasteiger partial charge in [0.2, 0.25) is 0 Å². The first-order valence-corrected chi connectivity index (χ1v) is 11.4. The van der Waals surface area contributed by atoms with Crippen molar-refractivity contribution in [2.75, 3.05) is 0 Å². The van der Waals surface area contributed by atoms with Gasteiger partial charge in [0.05, 0.1) is 18.0 Å². The summed E-state index contributed by atoms with van der Waals surface area (Å²) in [6.45, 7) is 3.13. The molecule has 0 aliphatic carbocycles. The molecule has 2 N–H and O–H groups in total. The number of aliphatic hydroxyl groups excluding tert-OH is 1. The van der Waals surface area contributed by atoms with Crippen molar-refractivity contribution in [3.63, 3.8) is 0 Å². The molecular weight excluding hydrogens is 485 g/mol. The van der Waals surface area contributed by atoms with Crippen LogP contribution < -0.4 is 20.7 Å². The molecule has 35 heavy (non-hydrogen) atoms. The Morgan fingerprint density at radius 2 is 1.83 bits per heavy atom. The molecular formula is C24H21F3N2O5S. The second-order valence-corrected chi connectivity index (χ2v) is 8.94. The first-order valence-electron chi connectivity index (χ1n) is 10.5. The smallest absolute Gasteiger partial charge is 0.485 e. The Morgan fingerprint density at radius 3 is 2.49 bits per heavy atom. The summed E-state index contributed by atoms with van der Waals surface area (Å²) in [5.41, 5.74) is 0.320. The van der Waals surface area contributed by atoms with Gasteiger partial charge < -0.3 is 14.6 Å². The van der Waals surface area contributed by atoms with Gasteiger partial charge in [-0.25, -0.2) is 4.79 Å². The number of rotatable bonds is 7. The molecule has 7 nitrogen and oxygen atoms in total. The molecule has 0 amide bonds. The lowest BCUT2D eigenvalue weighted by atomic mass is 10.1. The molecule has 0 aliphatic heterocycles. The molecule has 0 spiro atoms. The minimum atomic E-state index is -4.95. The first kappa shape index (κ1) is 24.6. The number of H-pyrrole nitrogens is 1. The van der Waals surface area contributed by atoms with E-state index < -0.39 is 29.5 Å². The quantitative estimate of drug-likeness (QED) is 0.383. The highest BCUT2D eigenvalue weighted by molar-refractivity contribution is 7.22. The van der Waals surface area contributed by atoms with Gasteiger partial charge in [-0.3, -0.25) is 14.3 Å². The summed E-state index contributed by atoms with van der Waals surface area (Å²) in [5.74, 6) is -0.629. The number of aryl methyl sites for hydroxylation is 1. The van der Waals surface area contributed by atoms with E-state index in [2.05, 4.69) is 9.72 Å². The minimum Gasteiger partial charge on any atom is -0.485 e. The molecule has 0 aliphatic rings. The largest absolute Gasteiger partial charge is 0.573 e. The molecule has 2 aromatic carbocycles.